The Bertz CT molecular complexity index is 193. The van der Waals surface area contributed by atoms with Crippen LogP contribution >= 0.6 is 0 Å². The lowest BCUT2D eigenvalue weighted by Crippen LogP contribution is -2.40. The molecule has 0 radical (unpaired) electrons. The predicted octanol–water partition coefficient (Wildman–Crippen LogP) is 3.23. The number of hydrogen-bond acceptors (Lipinski definition) is 1. The molecule has 1 aliphatic carbocycles. The highest BCUT2D eigenvalue weighted by molar-refractivity contribution is 6.79. The van der Waals surface area contributed by atoms with Crippen LogP contribution in [0.25, 0.3) is 0 Å². The molecule has 0 aromatic rings. The Morgan fingerprint density at radius 2 is 1.92 bits per heavy atom. The van der Waals surface area contributed by atoms with Gasteiger partial charge in [0.1, 0.15) is 5.78 Å². The fourth-order valence-corrected chi connectivity index (χ4v) is 3.58. The van der Waals surface area contributed by atoms with Crippen LogP contribution in [0.5, 0.6) is 0 Å². The number of carbonyl (C=O) groups excluding carboxylic acids is 1. The predicted molar refractivity (Wildman–Crippen MR) is 55.2 cm³/mol. The zero-order chi connectivity index (χ0) is 9.41. The summed E-state index contributed by atoms with van der Waals surface area (Å²) in [5.41, 5.74) is 0. The molecule has 1 aliphatic rings. The van der Waals surface area contributed by atoms with Gasteiger partial charge in [0.15, 0.2) is 0 Å². The molecule has 1 fully saturated rings. The van der Waals surface area contributed by atoms with E-state index in [1.165, 1.54) is 6.42 Å². The zero-order valence-electron chi connectivity index (χ0n) is 8.74. The summed E-state index contributed by atoms with van der Waals surface area (Å²) in [6, 6.07) is 0. The third-order valence-corrected chi connectivity index (χ3v) is 7.63. The topological polar surface area (TPSA) is 17.1 Å². The Labute approximate surface area is 76.6 Å². The SMILES string of the molecule is CC1([Si](C)(C)C)CCCC(=O)C1. The molecule has 2 heteroatoms. The standard InChI is InChI=1S/C10H20OSi/c1-10(12(2,3)4)7-5-6-9(11)8-10/h5-8H2,1-4H3. The first-order valence-electron chi connectivity index (χ1n) is 4.87. The van der Waals surface area contributed by atoms with Gasteiger partial charge in [0.25, 0.3) is 0 Å². The monoisotopic (exact) mass is 184 g/mol. The number of carbonyl (C=O) groups is 1. The van der Waals surface area contributed by atoms with E-state index >= 15 is 0 Å². The molecule has 0 aromatic heterocycles. The summed E-state index contributed by atoms with van der Waals surface area (Å²) in [6.45, 7) is 9.46. The first-order chi connectivity index (χ1) is 5.35. The maximum atomic E-state index is 11.3. The minimum Gasteiger partial charge on any atom is -0.300 e. The number of ketones is 1. The summed E-state index contributed by atoms with van der Waals surface area (Å²) < 4.78 is 0. The lowest BCUT2D eigenvalue weighted by atomic mass is 9.89. The van der Waals surface area contributed by atoms with Crippen molar-refractivity contribution in [2.75, 3.05) is 0 Å². The van der Waals surface area contributed by atoms with E-state index in [-0.39, 0.29) is 0 Å². The van der Waals surface area contributed by atoms with Crippen molar-refractivity contribution in [1.29, 1.82) is 0 Å². The van der Waals surface area contributed by atoms with Gasteiger partial charge in [-0.05, 0) is 17.9 Å². The Morgan fingerprint density at radius 3 is 2.25 bits per heavy atom. The smallest absolute Gasteiger partial charge is 0.133 e. The summed E-state index contributed by atoms with van der Waals surface area (Å²) in [4.78, 5) is 11.3. The maximum Gasteiger partial charge on any atom is 0.133 e. The molecule has 0 N–H and O–H groups in total. The Balaban J connectivity index is 2.77. The van der Waals surface area contributed by atoms with E-state index in [0.717, 1.165) is 19.3 Å². The highest BCUT2D eigenvalue weighted by Crippen LogP contribution is 2.48. The normalized spacial score (nSPS) is 32.2. The van der Waals surface area contributed by atoms with E-state index in [1.54, 1.807) is 0 Å². The molecular formula is C10H20OSi. The average Bonchev–Trinajstić information content (AvgIpc) is 1.83. The Hall–Kier alpha value is -0.113. The number of Topliss-reactive ketones (excluding diaryl/α,β-unsaturated/α-hetero) is 1. The van der Waals surface area contributed by atoms with Crippen LogP contribution in [0.1, 0.15) is 32.6 Å². The summed E-state index contributed by atoms with van der Waals surface area (Å²) in [5.74, 6) is 0.492. The molecule has 1 unspecified atom stereocenters. The van der Waals surface area contributed by atoms with Gasteiger partial charge < -0.3 is 0 Å². The summed E-state index contributed by atoms with van der Waals surface area (Å²) in [6.07, 6.45) is 4.08. The van der Waals surface area contributed by atoms with Gasteiger partial charge in [0.2, 0.25) is 0 Å². The van der Waals surface area contributed by atoms with Crippen LogP contribution in [0, 0.1) is 0 Å². The van der Waals surface area contributed by atoms with Crippen molar-refractivity contribution in [2.45, 2.75) is 57.3 Å². The summed E-state index contributed by atoms with van der Waals surface area (Å²) in [7, 11) is -1.14. The van der Waals surface area contributed by atoms with Crippen LogP contribution < -0.4 is 0 Å². The second-order valence-corrected chi connectivity index (χ2v) is 11.1. The van der Waals surface area contributed by atoms with Gasteiger partial charge in [0.05, 0.1) is 8.07 Å². The molecule has 0 amide bonds. The molecule has 12 heavy (non-hydrogen) atoms. The minimum atomic E-state index is -1.14. The summed E-state index contributed by atoms with van der Waals surface area (Å²) >= 11 is 0. The van der Waals surface area contributed by atoms with E-state index in [2.05, 4.69) is 26.6 Å². The van der Waals surface area contributed by atoms with E-state index in [0.29, 0.717) is 10.8 Å². The van der Waals surface area contributed by atoms with Crippen molar-refractivity contribution in [3.63, 3.8) is 0 Å². The van der Waals surface area contributed by atoms with E-state index in [1.807, 2.05) is 0 Å². The van der Waals surface area contributed by atoms with Crippen LogP contribution in [0.3, 0.4) is 0 Å². The molecule has 1 rings (SSSR count). The van der Waals surface area contributed by atoms with Crippen molar-refractivity contribution in [3.8, 4) is 0 Å². The van der Waals surface area contributed by atoms with Crippen LogP contribution in [0.2, 0.25) is 24.7 Å². The average molecular weight is 184 g/mol. The second kappa shape index (κ2) is 2.98. The van der Waals surface area contributed by atoms with Crippen molar-refractivity contribution in [2.24, 2.45) is 0 Å². The quantitative estimate of drug-likeness (QED) is 0.572. The van der Waals surface area contributed by atoms with Gasteiger partial charge >= 0.3 is 0 Å². The molecule has 1 atom stereocenters. The Kier molecular flexibility index (Phi) is 2.48. The summed E-state index contributed by atoms with van der Waals surface area (Å²) in [5, 5.41) is 0.377. The van der Waals surface area contributed by atoms with Gasteiger partial charge in [-0.3, -0.25) is 4.79 Å². The molecule has 1 nitrogen and oxygen atoms in total. The third kappa shape index (κ3) is 1.79. The first kappa shape index (κ1) is 9.97. The molecule has 0 bridgehead atoms. The van der Waals surface area contributed by atoms with Crippen LogP contribution in [0.15, 0.2) is 0 Å². The van der Waals surface area contributed by atoms with Crippen LogP contribution in [0.4, 0.5) is 0 Å². The number of rotatable bonds is 1. The molecule has 1 saturated carbocycles. The van der Waals surface area contributed by atoms with Crippen molar-refractivity contribution in [3.05, 3.63) is 0 Å². The van der Waals surface area contributed by atoms with Crippen molar-refractivity contribution >= 4 is 13.9 Å². The highest BCUT2D eigenvalue weighted by Gasteiger charge is 2.41. The lowest BCUT2D eigenvalue weighted by Gasteiger charge is -2.42. The van der Waals surface area contributed by atoms with E-state index in [4.69, 9.17) is 0 Å². The molecule has 0 aliphatic heterocycles. The van der Waals surface area contributed by atoms with E-state index < -0.39 is 8.07 Å². The maximum absolute atomic E-state index is 11.3. The van der Waals surface area contributed by atoms with Gasteiger partial charge in [-0.1, -0.05) is 26.6 Å². The largest absolute Gasteiger partial charge is 0.300 e. The third-order valence-electron chi connectivity index (χ3n) is 3.58. The first-order valence-corrected chi connectivity index (χ1v) is 8.37. The molecule has 0 saturated heterocycles. The zero-order valence-corrected chi connectivity index (χ0v) is 9.74. The fourth-order valence-electron chi connectivity index (χ4n) is 1.93. The minimum absolute atomic E-state index is 0.377. The van der Waals surface area contributed by atoms with Gasteiger partial charge in [-0.15, -0.1) is 0 Å². The number of hydrogen-bond donors (Lipinski definition) is 0. The Morgan fingerprint density at radius 1 is 1.33 bits per heavy atom. The molecule has 70 valence electrons. The van der Waals surface area contributed by atoms with Gasteiger partial charge in [-0.2, -0.15) is 0 Å². The van der Waals surface area contributed by atoms with Crippen molar-refractivity contribution in [1.82, 2.24) is 0 Å². The van der Waals surface area contributed by atoms with Crippen molar-refractivity contribution < 1.29 is 4.79 Å². The van der Waals surface area contributed by atoms with E-state index in [9.17, 15) is 4.79 Å². The van der Waals surface area contributed by atoms with Crippen LogP contribution in [-0.4, -0.2) is 13.9 Å². The lowest BCUT2D eigenvalue weighted by molar-refractivity contribution is -0.121. The molecule has 0 heterocycles. The molecule has 0 spiro atoms. The molecular weight excluding hydrogens is 164 g/mol. The fraction of sp³-hybridized carbons (Fsp3) is 0.900. The van der Waals surface area contributed by atoms with Gasteiger partial charge in [0, 0.05) is 12.8 Å². The second-order valence-electron chi connectivity index (χ2n) is 5.38. The molecule has 0 aromatic carbocycles. The van der Waals surface area contributed by atoms with Gasteiger partial charge in [-0.25, -0.2) is 0 Å². The highest BCUT2D eigenvalue weighted by atomic mass is 28.3. The van der Waals surface area contributed by atoms with Crippen LogP contribution in [-0.2, 0) is 4.79 Å².